The number of aromatic nitrogens is 1. The summed E-state index contributed by atoms with van der Waals surface area (Å²) in [5, 5.41) is 11.5. The molecule has 0 radical (unpaired) electrons. The lowest BCUT2D eigenvalue weighted by Gasteiger charge is -2.15. The van der Waals surface area contributed by atoms with Gasteiger partial charge < -0.3 is 15.3 Å². The SMILES string of the molecule is CCC(CNC(=O)c1ccnc(N(C)C)c1)CC(=O)O. The summed E-state index contributed by atoms with van der Waals surface area (Å²) in [6, 6.07) is 3.34. The molecule has 0 spiro atoms. The van der Waals surface area contributed by atoms with Crippen LogP contribution in [-0.2, 0) is 4.79 Å². The highest BCUT2D eigenvalue weighted by atomic mass is 16.4. The quantitative estimate of drug-likeness (QED) is 0.788. The van der Waals surface area contributed by atoms with E-state index in [1.54, 1.807) is 18.3 Å². The minimum Gasteiger partial charge on any atom is -0.481 e. The molecular formula is C14H21N3O3. The minimum atomic E-state index is -0.843. The van der Waals surface area contributed by atoms with E-state index in [-0.39, 0.29) is 18.2 Å². The van der Waals surface area contributed by atoms with Gasteiger partial charge in [0, 0.05) is 38.8 Å². The number of nitrogens with zero attached hydrogens (tertiary/aromatic N) is 2. The van der Waals surface area contributed by atoms with Crippen molar-refractivity contribution in [2.24, 2.45) is 5.92 Å². The molecule has 0 fully saturated rings. The highest BCUT2D eigenvalue weighted by Crippen LogP contribution is 2.10. The van der Waals surface area contributed by atoms with Gasteiger partial charge in [-0.25, -0.2) is 4.98 Å². The molecule has 1 atom stereocenters. The first-order chi connectivity index (χ1) is 9.43. The molecule has 6 nitrogen and oxygen atoms in total. The van der Waals surface area contributed by atoms with Crippen molar-refractivity contribution in [1.82, 2.24) is 10.3 Å². The molecule has 0 aliphatic carbocycles. The van der Waals surface area contributed by atoms with Crippen LogP contribution in [0.1, 0.15) is 30.1 Å². The average Bonchev–Trinajstić information content (AvgIpc) is 2.42. The number of carboxylic acid groups (broad SMARTS) is 1. The molecule has 1 amide bonds. The van der Waals surface area contributed by atoms with Crippen molar-refractivity contribution >= 4 is 17.7 Å². The summed E-state index contributed by atoms with van der Waals surface area (Å²) in [6.45, 7) is 2.28. The van der Waals surface area contributed by atoms with E-state index in [4.69, 9.17) is 5.11 Å². The molecule has 0 aliphatic rings. The molecule has 0 saturated heterocycles. The van der Waals surface area contributed by atoms with Crippen LogP contribution in [0, 0.1) is 5.92 Å². The molecule has 0 bridgehead atoms. The zero-order valence-electron chi connectivity index (χ0n) is 12.1. The molecule has 1 aromatic heterocycles. The molecule has 0 saturated carbocycles. The van der Waals surface area contributed by atoms with Gasteiger partial charge in [-0.1, -0.05) is 13.3 Å². The monoisotopic (exact) mass is 279 g/mol. The van der Waals surface area contributed by atoms with Crippen LogP contribution in [0.2, 0.25) is 0 Å². The summed E-state index contributed by atoms with van der Waals surface area (Å²) < 4.78 is 0. The van der Waals surface area contributed by atoms with Crippen molar-refractivity contribution in [3.8, 4) is 0 Å². The van der Waals surface area contributed by atoms with Crippen LogP contribution >= 0.6 is 0 Å². The Kier molecular flexibility index (Phi) is 5.96. The maximum atomic E-state index is 12.0. The largest absolute Gasteiger partial charge is 0.481 e. The lowest BCUT2D eigenvalue weighted by molar-refractivity contribution is -0.138. The maximum Gasteiger partial charge on any atom is 0.303 e. The molecule has 0 aromatic carbocycles. The van der Waals surface area contributed by atoms with E-state index in [1.165, 1.54) is 0 Å². The molecule has 110 valence electrons. The van der Waals surface area contributed by atoms with Gasteiger partial charge in [0.25, 0.3) is 5.91 Å². The standard InChI is InChI=1S/C14H21N3O3/c1-4-10(7-13(18)19)9-16-14(20)11-5-6-15-12(8-11)17(2)3/h5-6,8,10H,4,7,9H2,1-3H3,(H,16,20)(H,18,19). The highest BCUT2D eigenvalue weighted by Gasteiger charge is 2.14. The molecule has 6 heteroatoms. The van der Waals surface area contributed by atoms with Gasteiger partial charge in [-0.3, -0.25) is 9.59 Å². The Morgan fingerprint density at radius 3 is 2.70 bits per heavy atom. The first-order valence-electron chi connectivity index (χ1n) is 6.57. The summed E-state index contributed by atoms with van der Waals surface area (Å²) in [4.78, 5) is 28.7. The van der Waals surface area contributed by atoms with Crippen LogP contribution < -0.4 is 10.2 Å². The molecule has 20 heavy (non-hydrogen) atoms. The van der Waals surface area contributed by atoms with Gasteiger partial charge in [-0.15, -0.1) is 0 Å². The van der Waals surface area contributed by atoms with E-state index >= 15 is 0 Å². The van der Waals surface area contributed by atoms with E-state index in [2.05, 4.69) is 10.3 Å². The molecule has 1 rings (SSSR count). The number of hydrogen-bond donors (Lipinski definition) is 2. The first-order valence-corrected chi connectivity index (χ1v) is 6.57. The predicted octanol–water partition coefficient (Wildman–Crippen LogP) is 1.38. The van der Waals surface area contributed by atoms with Gasteiger partial charge in [-0.2, -0.15) is 0 Å². The van der Waals surface area contributed by atoms with Gasteiger partial charge in [0.05, 0.1) is 0 Å². The molecule has 2 N–H and O–H groups in total. The zero-order valence-corrected chi connectivity index (χ0v) is 12.1. The maximum absolute atomic E-state index is 12.0. The van der Waals surface area contributed by atoms with Crippen LogP contribution in [0.3, 0.4) is 0 Å². The zero-order chi connectivity index (χ0) is 15.1. The molecule has 1 heterocycles. The fourth-order valence-electron chi connectivity index (χ4n) is 1.75. The average molecular weight is 279 g/mol. The van der Waals surface area contributed by atoms with Crippen molar-refractivity contribution in [2.45, 2.75) is 19.8 Å². The van der Waals surface area contributed by atoms with Crippen molar-refractivity contribution < 1.29 is 14.7 Å². The topological polar surface area (TPSA) is 82.5 Å². The molecule has 0 aliphatic heterocycles. The second-order valence-corrected chi connectivity index (χ2v) is 4.88. The van der Waals surface area contributed by atoms with Gasteiger partial charge in [0.15, 0.2) is 0 Å². The van der Waals surface area contributed by atoms with Crippen LogP contribution in [0.15, 0.2) is 18.3 Å². The number of aliphatic carboxylic acids is 1. The van der Waals surface area contributed by atoms with E-state index in [9.17, 15) is 9.59 Å². The Bertz CT molecular complexity index is 474. The number of amides is 1. The number of carbonyl (C=O) groups excluding carboxylic acids is 1. The predicted molar refractivity (Wildman–Crippen MR) is 76.9 cm³/mol. The Morgan fingerprint density at radius 1 is 1.45 bits per heavy atom. The van der Waals surface area contributed by atoms with E-state index in [1.807, 2.05) is 25.9 Å². The molecular weight excluding hydrogens is 258 g/mol. The van der Waals surface area contributed by atoms with Crippen molar-refractivity contribution in [2.75, 3.05) is 25.5 Å². The third-order valence-corrected chi connectivity index (χ3v) is 3.06. The van der Waals surface area contributed by atoms with Gasteiger partial charge in [0.1, 0.15) is 5.82 Å². The highest BCUT2D eigenvalue weighted by molar-refractivity contribution is 5.94. The second-order valence-electron chi connectivity index (χ2n) is 4.88. The van der Waals surface area contributed by atoms with Crippen molar-refractivity contribution in [3.63, 3.8) is 0 Å². The summed E-state index contributed by atoms with van der Waals surface area (Å²) in [5.74, 6) is -0.397. The molecule has 1 aromatic rings. The third-order valence-electron chi connectivity index (χ3n) is 3.06. The Morgan fingerprint density at radius 2 is 2.15 bits per heavy atom. The minimum absolute atomic E-state index is 0.0494. The lowest BCUT2D eigenvalue weighted by Crippen LogP contribution is -2.30. The fourth-order valence-corrected chi connectivity index (χ4v) is 1.75. The van der Waals surface area contributed by atoms with Gasteiger partial charge in [-0.05, 0) is 18.1 Å². The van der Waals surface area contributed by atoms with E-state index < -0.39 is 5.97 Å². The third kappa shape index (κ3) is 4.87. The van der Waals surface area contributed by atoms with Gasteiger partial charge in [0.2, 0.25) is 0 Å². The van der Waals surface area contributed by atoms with Gasteiger partial charge >= 0.3 is 5.97 Å². The number of rotatable bonds is 7. The normalized spacial score (nSPS) is 11.8. The van der Waals surface area contributed by atoms with Crippen LogP contribution in [0.5, 0.6) is 0 Å². The number of nitrogens with one attached hydrogen (secondary N) is 1. The Balaban J connectivity index is 2.62. The van der Waals surface area contributed by atoms with E-state index in [0.29, 0.717) is 24.3 Å². The van der Waals surface area contributed by atoms with Crippen LogP contribution in [0.4, 0.5) is 5.82 Å². The smallest absolute Gasteiger partial charge is 0.303 e. The molecule has 1 unspecified atom stereocenters. The number of carbonyl (C=O) groups is 2. The summed E-state index contributed by atoms with van der Waals surface area (Å²) in [5.41, 5.74) is 0.522. The summed E-state index contributed by atoms with van der Waals surface area (Å²) >= 11 is 0. The Hall–Kier alpha value is -2.11. The van der Waals surface area contributed by atoms with Crippen molar-refractivity contribution in [3.05, 3.63) is 23.9 Å². The van der Waals surface area contributed by atoms with Crippen molar-refractivity contribution in [1.29, 1.82) is 0 Å². The van der Waals surface area contributed by atoms with E-state index in [0.717, 1.165) is 0 Å². The number of hydrogen-bond acceptors (Lipinski definition) is 4. The summed E-state index contributed by atoms with van der Waals surface area (Å²) in [7, 11) is 3.70. The second kappa shape index (κ2) is 7.47. The number of pyridine rings is 1. The number of carboxylic acids is 1. The fraction of sp³-hybridized carbons (Fsp3) is 0.500. The summed E-state index contributed by atoms with van der Waals surface area (Å²) in [6.07, 6.45) is 2.36. The van der Waals surface area contributed by atoms with Crippen LogP contribution in [-0.4, -0.2) is 42.6 Å². The first kappa shape index (κ1) is 15.9. The van der Waals surface area contributed by atoms with Crippen LogP contribution in [0.25, 0.3) is 0 Å². The number of anilines is 1. The Labute approximate surface area is 118 Å². The lowest BCUT2D eigenvalue weighted by atomic mass is 10.0.